The lowest BCUT2D eigenvalue weighted by atomic mass is 10.1. The van der Waals surface area contributed by atoms with Crippen molar-refractivity contribution in [3.63, 3.8) is 0 Å². The number of nitrogens with zero attached hydrogens (tertiary/aromatic N) is 3. The van der Waals surface area contributed by atoms with Gasteiger partial charge in [-0.25, -0.2) is 4.99 Å². The molecule has 0 saturated carbocycles. The number of carbonyl (C=O) groups excluding carboxylic acids is 1. The topological polar surface area (TPSA) is 45.1 Å². The predicted octanol–water partition coefficient (Wildman–Crippen LogP) is 3.05. The third-order valence-electron chi connectivity index (χ3n) is 4.41. The van der Waals surface area contributed by atoms with E-state index in [9.17, 15) is 4.79 Å². The Kier molecular flexibility index (Phi) is 4.82. The van der Waals surface area contributed by atoms with Crippen molar-refractivity contribution >= 4 is 45.6 Å². The van der Waals surface area contributed by atoms with Crippen molar-refractivity contribution in [2.45, 2.75) is 0 Å². The van der Waals surface area contributed by atoms with Crippen molar-refractivity contribution in [1.82, 2.24) is 4.90 Å². The summed E-state index contributed by atoms with van der Waals surface area (Å²) in [4.78, 5) is 21.8. The van der Waals surface area contributed by atoms with E-state index in [0.29, 0.717) is 25.6 Å². The summed E-state index contributed by atoms with van der Waals surface area (Å²) in [5, 5.41) is 0. The molecule has 0 atom stereocenters. The van der Waals surface area contributed by atoms with Gasteiger partial charge in [0.15, 0.2) is 0 Å². The lowest BCUT2D eigenvalue weighted by molar-refractivity contribution is -0.112. The number of ether oxygens (including phenoxy) is 1. The molecular formula is C19H18IN3O2. The molecule has 5 nitrogen and oxygen atoms in total. The zero-order valence-corrected chi connectivity index (χ0v) is 15.8. The van der Waals surface area contributed by atoms with Crippen LogP contribution in [0.5, 0.6) is 0 Å². The maximum atomic E-state index is 13.0. The Morgan fingerprint density at radius 3 is 2.52 bits per heavy atom. The number of aliphatic imine (C=N–C) groups is 1. The number of fused-ring (bicyclic) bond motifs is 1. The first kappa shape index (κ1) is 16.7. The third-order valence-corrected chi connectivity index (χ3v) is 5.13. The van der Waals surface area contributed by atoms with E-state index in [-0.39, 0.29) is 5.91 Å². The number of hydrogen-bond acceptors (Lipinski definition) is 4. The van der Waals surface area contributed by atoms with Gasteiger partial charge in [-0.2, -0.15) is 0 Å². The van der Waals surface area contributed by atoms with E-state index < -0.39 is 0 Å². The normalized spacial score (nSPS) is 19.5. The van der Waals surface area contributed by atoms with Crippen molar-refractivity contribution in [3.05, 3.63) is 57.7 Å². The Morgan fingerprint density at radius 1 is 1.04 bits per heavy atom. The van der Waals surface area contributed by atoms with E-state index in [2.05, 4.69) is 32.5 Å². The molecule has 0 unspecified atom stereocenters. The second-order valence-corrected chi connectivity index (χ2v) is 7.30. The average molecular weight is 447 g/mol. The first-order valence-corrected chi connectivity index (χ1v) is 9.36. The van der Waals surface area contributed by atoms with Crippen LogP contribution < -0.4 is 4.90 Å². The van der Waals surface area contributed by atoms with E-state index in [1.165, 1.54) is 0 Å². The van der Waals surface area contributed by atoms with Gasteiger partial charge in [-0.05, 0) is 52.9 Å². The average Bonchev–Trinajstić information content (AvgIpc) is 2.90. The summed E-state index contributed by atoms with van der Waals surface area (Å²) in [5.41, 5.74) is 3.15. The zero-order valence-electron chi connectivity index (χ0n) is 13.7. The minimum atomic E-state index is -0.0359. The molecule has 4 rings (SSSR count). The third kappa shape index (κ3) is 3.47. The van der Waals surface area contributed by atoms with E-state index in [1.54, 1.807) is 0 Å². The number of halogens is 1. The molecule has 2 aliphatic rings. The summed E-state index contributed by atoms with van der Waals surface area (Å²) < 4.78 is 6.55. The quantitative estimate of drug-likeness (QED) is 0.680. The first-order chi connectivity index (χ1) is 12.2. The highest BCUT2D eigenvalue weighted by atomic mass is 127. The van der Waals surface area contributed by atoms with Gasteiger partial charge in [-0.1, -0.05) is 18.2 Å². The van der Waals surface area contributed by atoms with Crippen LogP contribution in [0.1, 0.15) is 5.56 Å². The van der Waals surface area contributed by atoms with Crippen LogP contribution in [0.15, 0.2) is 53.5 Å². The summed E-state index contributed by atoms with van der Waals surface area (Å²) in [6.45, 7) is 3.69. The van der Waals surface area contributed by atoms with Gasteiger partial charge in [0, 0.05) is 22.2 Å². The fraction of sp³-hybridized carbons (Fsp3) is 0.263. The van der Waals surface area contributed by atoms with Crippen LogP contribution in [0.25, 0.3) is 0 Å². The molecule has 1 fully saturated rings. The van der Waals surface area contributed by atoms with Gasteiger partial charge in [0.2, 0.25) is 0 Å². The van der Waals surface area contributed by atoms with Crippen LogP contribution >= 0.6 is 22.6 Å². The largest absolute Gasteiger partial charge is 0.379 e. The molecule has 6 heteroatoms. The number of hydrogen-bond donors (Lipinski definition) is 0. The highest BCUT2D eigenvalue weighted by Gasteiger charge is 2.34. The smallest absolute Gasteiger partial charge is 0.278 e. The monoisotopic (exact) mass is 447 g/mol. The van der Waals surface area contributed by atoms with Crippen LogP contribution in [0, 0.1) is 3.57 Å². The lowest BCUT2D eigenvalue weighted by Gasteiger charge is -2.30. The summed E-state index contributed by atoms with van der Waals surface area (Å²) in [6.07, 6.45) is 0. The standard InChI is InChI=1S/C19H18IN3O2/c20-14-5-7-15(8-6-14)21-18-16-3-1-2-4-17(16)23(19(18)24)13-22-9-11-25-12-10-22/h1-8H,9-13H2. The van der Waals surface area contributed by atoms with Crippen molar-refractivity contribution in [1.29, 1.82) is 0 Å². The van der Waals surface area contributed by atoms with Gasteiger partial charge < -0.3 is 4.74 Å². The second-order valence-electron chi connectivity index (χ2n) is 6.06. The Hall–Kier alpha value is -1.77. The van der Waals surface area contributed by atoms with Gasteiger partial charge in [-0.15, -0.1) is 0 Å². The van der Waals surface area contributed by atoms with Gasteiger partial charge in [-0.3, -0.25) is 14.6 Å². The van der Waals surface area contributed by atoms with E-state index in [4.69, 9.17) is 4.74 Å². The van der Waals surface area contributed by atoms with Crippen LogP contribution in [0.4, 0.5) is 11.4 Å². The minimum Gasteiger partial charge on any atom is -0.379 e. The summed E-state index contributed by atoms with van der Waals surface area (Å²) >= 11 is 2.26. The minimum absolute atomic E-state index is 0.0359. The summed E-state index contributed by atoms with van der Waals surface area (Å²) in [7, 11) is 0. The Labute approximate surface area is 160 Å². The van der Waals surface area contributed by atoms with Crippen LogP contribution in [-0.4, -0.2) is 49.5 Å². The molecule has 128 valence electrons. The fourth-order valence-electron chi connectivity index (χ4n) is 3.10. The Morgan fingerprint density at radius 2 is 1.76 bits per heavy atom. The molecule has 1 saturated heterocycles. The highest BCUT2D eigenvalue weighted by molar-refractivity contribution is 14.1. The molecule has 25 heavy (non-hydrogen) atoms. The summed E-state index contributed by atoms with van der Waals surface area (Å²) in [5.74, 6) is -0.0359. The zero-order chi connectivity index (χ0) is 17.2. The molecule has 0 N–H and O–H groups in total. The second kappa shape index (κ2) is 7.23. The predicted molar refractivity (Wildman–Crippen MR) is 107 cm³/mol. The molecule has 1 amide bonds. The molecule has 2 heterocycles. The van der Waals surface area contributed by atoms with E-state index in [1.807, 2.05) is 53.4 Å². The number of morpholine rings is 1. The molecule has 0 spiro atoms. The van der Waals surface area contributed by atoms with E-state index >= 15 is 0 Å². The molecule has 2 aliphatic heterocycles. The van der Waals surface area contributed by atoms with Gasteiger partial charge in [0.25, 0.3) is 5.91 Å². The van der Waals surface area contributed by atoms with Gasteiger partial charge in [0.1, 0.15) is 5.71 Å². The number of carbonyl (C=O) groups is 1. The maximum absolute atomic E-state index is 13.0. The number of benzene rings is 2. The van der Waals surface area contributed by atoms with Crippen LogP contribution in [-0.2, 0) is 9.53 Å². The maximum Gasteiger partial charge on any atom is 0.278 e. The molecule has 2 aromatic carbocycles. The molecule has 0 radical (unpaired) electrons. The fourth-order valence-corrected chi connectivity index (χ4v) is 3.46. The molecular weight excluding hydrogens is 429 g/mol. The lowest BCUT2D eigenvalue weighted by Crippen LogP contribution is -2.45. The van der Waals surface area contributed by atoms with Gasteiger partial charge >= 0.3 is 0 Å². The molecule has 0 aliphatic carbocycles. The molecule has 0 aromatic heterocycles. The number of amides is 1. The van der Waals surface area contributed by atoms with Crippen LogP contribution in [0.3, 0.4) is 0 Å². The molecule has 2 aromatic rings. The van der Waals surface area contributed by atoms with Crippen molar-refractivity contribution in [3.8, 4) is 0 Å². The number of para-hydroxylation sites is 1. The van der Waals surface area contributed by atoms with Gasteiger partial charge in [0.05, 0.1) is 31.3 Å². The summed E-state index contributed by atoms with van der Waals surface area (Å²) in [6, 6.07) is 15.8. The van der Waals surface area contributed by atoms with Crippen molar-refractivity contribution in [2.75, 3.05) is 37.9 Å². The number of rotatable bonds is 3. The van der Waals surface area contributed by atoms with E-state index in [0.717, 1.165) is 33.6 Å². The first-order valence-electron chi connectivity index (χ1n) is 8.28. The number of anilines is 1. The highest BCUT2D eigenvalue weighted by Crippen LogP contribution is 2.31. The SMILES string of the molecule is O=C1C(=Nc2ccc(I)cc2)c2ccccc2N1CN1CCOCC1. The van der Waals surface area contributed by atoms with Crippen LogP contribution in [0.2, 0.25) is 0 Å². The van der Waals surface area contributed by atoms with Crippen molar-refractivity contribution in [2.24, 2.45) is 4.99 Å². The Balaban J connectivity index is 1.67. The van der Waals surface area contributed by atoms with Crippen molar-refractivity contribution < 1.29 is 9.53 Å². The molecule has 0 bridgehead atoms. The Bertz CT molecular complexity index is 814.